The number of carbonyl (C=O) groups is 8. The standard InChI is InChI=1S/C46H28N2O12/c1-25-3-13-31(14-4-25)57-43(53)26-5-7-27(8-6-26)44(54)58-32-15-11-30(12-16-32)48-41(51)36-22-10-29(24-38(36)42(48)52)46(56)60-34-19-17-33(18-20-34)59-45(55)28-9-21-35-37(23-28)40(50)47(2)39(35)49/h3-24H,1-2H3. The molecule has 0 unspecified atom stereocenters. The van der Waals surface area contributed by atoms with Crippen LogP contribution in [0.15, 0.2) is 133 Å². The third-order valence-corrected chi connectivity index (χ3v) is 9.59. The van der Waals surface area contributed by atoms with Crippen molar-refractivity contribution in [2.75, 3.05) is 11.9 Å². The molecule has 0 bridgehead atoms. The fraction of sp³-hybridized carbons (Fsp3) is 0.0435. The zero-order valence-corrected chi connectivity index (χ0v) is 31.5. The van der Waals surface area contributed by atoms with Gasteiger partial charge in [-0.1, -0.05) is 17.7 Å². The second-order valence-corrected chi connectivity index (χ2v) is 13.5. The fourth-order valence-corrected chi connectivity index (χ4v) is 6.34. The summed E-state index contributed by atoms with van der Waals surface area (Å²) in [5.74, 6) is -4.49. The largest absolute Gasteiger partial charge is 0.423 e. The van der Waals surface area contributed by atoms with Crippen LogP contribution >= 0.6 is 0 Å². The van der Waals surface area contributed by atoms with E-state index in [9.17, 15) is 38.4 Å². The minimum absolute atomic E-state index is 0.0130. The number of aryl methyl sites for hydroxylation is 1. The Bertz CT molecular complexity index is 2810. The number of esters is 4. The lowest BCUT2D eigenvalue weighted by molar-refractivity contribution is 0.0686. The topological polar surface area (TPSA) is 180 Å². The molecule has 294 valence electrons. The van der Waals surface area contributed by atoms with E-state index in [0.717, 1.165) is 15.4 Å². The number of carbonyl (C=O) groups excluding carboxylic acids is 8. The Kier molecular flexibility index (Phi) is 9.87. The summed E-state index contributed by atoms with van der Waals surface area (Å²) >= 11 is 0. The number of hydrogen-bond donors (Lipinski definition) is 0. The van der Waals surface area contributed by atoms with Crippen molar-refractivity contribution < 1.29 is 57.3 Å². The number of ether oxygens (including phenoxy) is 4. The molecule has 6 aromatic rings. The summed E-state index contributed by atoms with van der Waals surface area (Å²) in [6.07, 6.45) is 0. The number of rotatable bonds is 9. The lowest BCUT2D eigenvalue weighted by Crippen LogP contribution is -2.29. The lowest BCUT2D eigenvalue weighted by atomic mass is 10.1. The molecule has 0 saturated carbocycles. The number of nitrogens with zero attached hydrogens (tertiary/aromatic N) is 2. The minimum atomic E-state index is -0.827. The Morgan fingerprint density at radius 2 is 0.700 bits per heavy atom. The van der Waals surface area contributed by atoms with Crippen LogP contribution in [0, 0.1) is 6.92 Å². The molecular formula is C46H28N2O12. The van der Waals surface area contributed by atoms with E-state index >= 15 is 0 Å². The SMILES string of the molecule is Cc1ccc(OC(=O)c2ccc(C(=O)Oc3ccc(N4C(=O)c5ccc(C(=O)Oc6ccc(OC(=O)c7ccc8c(c7)C(=O)N(C)C8=O)cc6)cc5C4=O)cc3)cc2)cc1. The molecule has 8 rings (SSSR count). The van der Waals surface area contributed by atoms with Gasteiger partial charge in [0, 0.05) is 7.05 Å². The maximum Gasteiger partial charge on any atom is 0.343 e. The third kappa shape index (κ3) is 7.39. The normalized spacial score (nSPS) is 12.8. The predicted molar refractivity (Wildman–Crippen MR) is 211 cm³/mol. The molecule has 0 saturated heterocycles. The first-order valence-corrected chi connectivity index (χ1v) is 18.1. The zero-order valence-electron chi connectivity index (χ0n) is 31.5. The molecule has 2 aliphatic heterocycles. The number of amides is 4. The van der Waals surface area contributed by atoms with E-state index in [2.05, 4.69) is 0 Å². The van der Waals surface area contributed by atoms with Gasteiger partial charge in [-0.25, -0.2) is 24.1 Å². The van der Waals surface area contributed by atoms with Gasteiger partial charge in [-0.3, -0.25) is 24.1 Å². The number of hydrogen-bond acceptors (Lipinski definition) is 12. The smallest absolute Gasteiger partial charge is 0.343 e. The van der Waals surface area contributed by atoms with Crippen molar-refractivity contribution in [1.29, 1.82) is 0 Å². The molecule has 14 nitrogen and oxygen atoms in total. The van der Waals surface area contributed by atoms with Crippen molar-refractivity contribution in [1.82, 2.24) is 4.90 Å². The van der Waals surface area contributed by atoms with Crippen molar-refractivity contribution in [2.45, 2.75) is 6.92 Å². The van der Waals surface area contributed by atoms with Crippen LogP contribution in [0.5, 0.6) is 23.0 Å². The molecule has 4 amide bonds. The highest BCUT2D eigenvalue weighted by Gasteiger charge is 2.38. The molecule has 0 N–H and O–H groups in total. The highest BCUT2D eigenvalue weighted by molar-refractivity contribution is 6.34. The molecule has 0 aliphatic carbocycles. The maximum atomic E-state index is 13.5. The van der Waals surface area contributed by atoms with E-state index in [1.807, 2.05) is 19.1 Å². The molecule has 60 heavy (non-hydrogen) atoms. The van der Waals surface area contributed by atoms with Crippen LogP contribution in [0.3, 0.4) is 0 Å². The Labute approximate surface area is 340 Å². The average Bonchev–Trinajstić information content (AvgIpc) is 3.64. The van der Waals surface area contributed by atoms with Crippen LogP contribution in [0.1, 0.15) is 88.4 Å². The number of imide groups is 2. The third-order valence-electron chi connectivity index (χ3n) is 9.59. The van der Waals surface area contributed by atoms with E-state index in [4.69, 9.17) is 18.9 Å². The molecule has 14 heteroatoms. The Hall–Kier alpha value is -8.52. The number of fused-ring (bicyclic) bond motifs is 2. The molecule has 2 aliphatic rings. The molecule has 0 radical (unpaired) electrons. The summed E-state index contributed by atoms with van der Waals surface area (Å²) in [6.45, 7) is 1.91. The van der Waals surface area contributed by atoms with Crippen LogP contribution in [-0.2, 0) is 0 Å². The molecule has 0 atom stereocenters. The van der Waals surface area contributed by atoms with E-state index in [0.29, 0.717) is 5.75 Å². The van der Waals surface area contributed by atoms with Crippen molar-refractivity contribution in [3.8, 4) is 23.0 Å². The van der Waals surface area contributed by atoms with Gasteiger partial charge in [0.05, 0.1) is 50.2 Å². The molecule has 6 aromatic carbocycles. The maximum absolute atomic E-state index is 13.5. The highest BCUT2D eigenvalue weighted by Crippen LogP contribution is 2.31. The summed E-state index contributed by atoms with van der Waals surface area (Å²) < 4.78 is 21.7. The van der Waals surface area contributed by atoms with Gasteiger partial charge in [-0.2, -0.15) is 0 Å². The van der Waals surface area contributed by atoms with Gasteiger partial charge in [-0.15, -0.1) is 0 Å². The quantitative estimate of drug-likeness (QED) is 0.0840. The van der Waals surface area contributed by atoms with E-state index in [1.165, 1.54) is 116 Å². The van der Waals surface area contributed by atoms with Gasteiger partial charge in [0.2, 0.25) is 0 Å². The van der Waals surface area contributed by atoms with Crippen molar-refractivity contribution in [2.24, 2.45) is 0 Å². The number of benzene rings is 6. The second kappa shape index (κ2) is 15.4. The van der Waals surface area contributed by atoms with Crippen LogP contribution in [0.25, 0.3) is 0 Å². The van der Waals surface area contributed by atoms with Gasteiger partial charge in [-0.05, 0) is 128 Å². The van der Waals surface area contributed by atoms with Crippen LogP contribution in [0.4, 0.5) is 5.69 Å². The molecular weight excluding hydrogens is 773 g/mol. The van der Waals surface area contributed by atoms with Crippen LogP contribution < -0.4 is 23.8 Å². The van der Waals surface area contributed by atoms with Crippen molar-refractivity contribution >= 4 is 53.2 Å². The van der Waals surface area contributed by atoms with Crippen molar-refractivity contribution in [3.05, 3.63) is 184 Å². The molecule has 0 aromatic heterocycles. The Balaban J connectivity index is 0.865. The average molecular weight is 801 g/mol. The van der Waals surface area contributed by atoms with E-state index < -0.39 is 47.5 Å². The molecule has 0 fully saturated rings. The van der Waals surface area contributed by atoms with Gasteiger partial charge in [0.25, 0.3) is 23.6 Å². The van der Waals surface area contributed by atoms with E-state index in [-0.39, 0.29) is 67.4 Å². The van der Waals surface area contributed by atoms with E-state index in [1.54, 1.807) is 12.1 Å². The summed E-state index contributed by atoms with van der Waals surface area (Å²) in [7, 11) is 1.35. The predicted octanol–water partition coefficient (Wildman–Crippen LogP) is 6.90. The van der Waals surface area contributed by atoms with Crippen molar-refractivity contribution in [3.63, 3.8) is 0 Å². The first-order valence-electron chi connectivity index (χ1n) is 18.1. The van der Waals surface area contributed by atoms with Crippen LogP contribution in [-0.4, -0.2) is 59.5 Å². The van der Waals surface area contributed by atoms with Gasteiger partial charge >= 0.3 is 23.9 Å². The minimum Gasteiger partial charge on any atom is -0.423 e. The first-order chi connectivity index (χ1) is 28.8. The summed E-state index contributed by atoms with van der Waals surface area (Å²) in [5.41, 5.74) is 1.98. The lowest BCUT2D eigenvalue weighted by Gasteiger charge is -2.14. The van der Waals surface area contributed by atoms with Gasteiger partial charge < -0.3 is 18.9 Å². The molecule has 0 spiro atoms. The van der Waals surface area contributed by atoms with Gasteiger partial charge in [0.1, 0.15) is 23.0 Å². The number of anilines is 1. The first kappa shape index (κ1) is 38.4. The summed E-state index contributed by atoms with van der Waals surface area (Å²) in [4.78, 5) is 104. The monoisotopic (exact) mass is 800 g/mol. The highest BCUT2D eigenvalue weighted by atomic mass is 16.5. The Morgan fingerprint density at radius 3 is 1.15 bits per heavy atom. The summed E-state index contributed by atoms with van der Waals surface area (Å²) in [5, 5.41) is 0. The zero-order chi connectivity index (χ0) is 42.2. The second-order valence-electron chi connectivity index (χ2n) is 13.5. The fourth-order valence-electron chi connectivity index (χ4n) is 6.34. The Morgan fingerprint density at radius 1 is 0.383 bits per heavy atom. The molecule has 2 heterocycles. The van der Waals surface area contributed by atoms with Crippen LogP contribution in [0.2, 0.25) is 0 Å². The van der Waals surface area contributed by atoms with Gasteiger partial charge in [0.15, 0.2) is 0 Å². The summed E-state index contributed by atoms with van der Waals surface area (Å²) in [6, 6.07) is 31.9.